The first-order chi connectivity index (χ1) is 10.2. The summed E-state index contributed by atoms with van der Waals surface area (Å²) in [4.78, 5) is 17.0. The smallest absolute Gasteiger partial charge is 0.255 e. The monoisotopic (exact) mass is 291 g/mol. The van der Waals surface area contributed by atoms with Gasteiger partial charge in [-0.15, -0.1) is 0 Å². The number of nitrogens with two attached hydrogens (primary N) is 1. The summed E-state index contributed by atoms with van der Waals surface area (Å²) in [7, 11) is 0. The van der Waals surface area contributed by atoms with E-state index in [1.165, 1.54) is 0 Å². The normalized spacial score (nSPS) is 16.2. The highest BCUT2D eigenvalue weighted by molar-refractivity contribution is 5.95. The number of carbonyl (C=O) groups is 1. The van der Waals surface area contributed by atoms with Crippen LogP contribution in [0.2, 0.25) is 0 Å². The van der Waals surface area contributed by atoms with Crippen molar-refractivity contribution in [3.8, 4) is 0 Å². The van der Waals surface area contributed by atoms with Crippen LogP contribution < -0.4 is 5.73 Å². The molecule has 0 radical (unpaired) electrons. The number of hydrogen-bond acceptors (Lipinski definition) is 5. The molecule has 1 saturated heterocycles. The highest BCUT2D eigenvalue weighted by Crippen LogP contribution is 2.13. The Morgan fingerprint density at radius 1 is 1.29 bits per heavy atom. The molecule has 21 heavy (non-hydrogen) atoms. The van der Waals surface area contributed by atoms with E-state index in [4.69, 9.17) is 5.73 Å². The molecule has 2 N–H and O–H groups in total. The molecule has 1 aliphatic heterocycles. The Morgan fingerprint density at radius 2 is 2.00 bits per heavy atom. The van der Waals surface area contributed by atoms with Crippen LogP contribution in [-0.4, -0.2) is 65.2 Å². The van der Waals surface area contributed by atoms with E-state index in [0.29, 0.717) is 5.56 Å². The lowest BCUT2D eigenvalue weighted by Crippen LogP contribution is -2.49. The Morgan fingerprint density at radius 3 is 2.62 bits per heavy atom. The summed E-state index contributed by atoms with van der Waals surface area (Å²) in [5.41, 5.74) is 7.83. The van der Waals surface area contributed by atoms with Crippen LogP contribution in [0, 0.1) is 6.92 Å². The molecule has 1 aromatic heterocycles. The summed E-state index contributed by atoms with van der Waals surface area (Å²) in [5, 5.41) is 8.19. The standard InChI is InChI=1S/C15H25N5O/c1-3-14-13(11-12(2)17-18-14)15(21)20-9-7-19(8-10-20)6-4-5-16/h11H,3-10,16H2,1-2H3. The van der Waals surface area contributed by atoms with Crippen LogP contribution in [0.5, 0.6) is 0 Å². The average molecular weight is 291 g/mol. The molecule has 2 rings (SSSR count). The van der Waals surface area contributed by atoms with Gasteiger partial charge in [0.2, 0.25) is 0 Å². The first-order valence-electron chi connectivity index (χ1n) is 7.70. The minimum atomic E-state index is 0.0864. The summed E-state index contributed by atoms with van der Waals surface area (Å²) in [6, 6.07) is 1.86. The molecule has 2 heterocycles. The summed E-state index contributed by atoms with van der Waals surface area (Å²) < 4.78 is 0. The lowest BCUT2D eigenvalue weighted by atomic mass is 10.1. The van der Waals surface area contributed by atoms with Crippen molar-refractivity contribution in [3.63, 3.8) is 0 Å². The fraction of sp³-hybridized carbons (Fsp3) is 0.667. The Hall–Kier alpha value is -1.53. The van der Waals surface area contributed by atoms with Gasteiger partial charge in [0.15, 0.2) is 0 Å². The van der Waals surface area contributed by atoms with E-state index < -0.39 is 0 Å². The first-order valence-corrected chi connectivity index (χ1v) is 7.70. The third kappa shape index (κ3) is 3.98. The quantitative estimate of drug-likeness (QED) is 0.852. The van der Waals surface area contributed by atoms with E-state index >= 15 is 0 Å². The summed E-state index contributed by atoms with van der Waals surface area (Å²) in [6.07, 6.45) is 1.74. The van der Waals surface area contributed by atoms with Crippen molar-refractivity contribution in [2.24, 2.45) is 5.73 Å². The molecule has 6 heteroatoms. The van der Waals surface area contributed by atoms with Gasteiger partial charge in [0.1, 0.15) is 0 Å². The lowest BCUT2D eigenvalue weighted by molar-refractivity contribution is 0.0634. The van der Waals surface area contributed by atoms with Gasteiger partial charge in [-0.2, -0.15) is 10.2 Å². The van der Waals surface area contributed by atoms with E-state index in [1.54, 1.807) is 0 Å². The number of nitrogens with zero attached hydrogens (tertiary/aromatic N) is 4. The molecule has 0 atom stereocenters. The van der Waals surface area contributed by atoms with E-state index in [-0.39, 0.29) is 5.91 Å². The van der Waals surface area contributed by atoms with E-state index in [0.717, 1.165) is 63.5 Å². The minimum Gasteiger partial charge on any atom is -0.336 e. The molecule has 1 fully saturated rings. The van der Waals surface area contributed by atoms with Crippen molar-refractivity contribution >= 4 is 5.91 Å². The van der Waals surface area contributed by atoms with Crippen molar-refractivity contribution in [2.75, 3.05) is 39.3 Å². The molecule has 116 valence electrons. The van der Waals surface area contributed by atoms with Crippen molar-refractivity contribution in [1.82, 2.24) is 20.0 Å². The summed E-state index contributed by atoms with van der Waals surface area (Å²) in [6.45, 7) is 9.00. The number of hydrogen-bond donors (Lipinski definition) is 1. The van der Waals surface area contributed by atoms with Gasteiger partial charge < -0.3 is 10.6 Å². The van der Waals surface area contributed by atoms with Crippen LogP contribution in [0.25, 0.3) is 0 Å². The maximum atomic E-state index is 12.7. The second-order valence-corrected chi connectivity index (χ2v) is 5.48. The van der Waals surface area contributed by atoms with Crippen LogP contribution in [0.4, 0.5) is 0 Å². The topological polar surface area (TPSA) is 75.4 Å². The number of rotatable bonds is 5. The van der Waals surface area contributed by atoms with Gasteiger partial charge in [-0.1, -0.05) is 6.92 Å². The third-order valence-electron chi connectivity index (χ3n) is 3.90. The zero-order valence-electron chi connectivity index (χ0n) is 13.0. The van der Waals surface area contributed by atoms with E-state index in [9.17, 15) is 4.79 Å². The van der Waals surface area contributed by atoms with Crippen molar-refractivity contribution < 1.29 is 4.79 Å². The molecule has 0 unspecified atom stereocenters. The fourth-order valence-electron chi connectivity index (χ4n) is 2.62. The molecule has 0 aromatic carbocycles. The first kappa shape index (κ1) is 15.9. The van der Waals surface area contributed by atoms with Gasteiger partial charge in [-0.3, -0.25) is 9.69 Å². The number of piperazine rings is 1. The Kier molecular flexibility index (Phi) is 5.64. The largest absolute Gasteiger partial charge is 0.336 e. The Labute approximate surface area is 126 Å². The van der Waals surface area contributed by atoms with Gasteiger partial charge in [0.05, 0.1) is 17.0 Å². The van der Waals surface area contributed by atoms with Gasteiger partial charge in [-0.25, -0.2) is 0 Å². The zero-order valence-corrected chi connectivity index (χ0v) is 13.0. The number of aromatic nitrogens is 2. The minimum absolute atomic E-state index is 0.0864. The van der Waals surface area contributed by atoms with Crippen molar-refractivity contribution in [2.45, 2.75) is 26.7 Å². The molecule has 0 bridgehead atoms. The molecule has 1 amide bonds. The SMILES string of the molecule is CCc1nnc(C)cc1C(=O)N1CCN(CCCN)CC1. The number of carbonyl (C=O) groups excluding carboxylic acids is 1. The van der Waals surface area contributed by atoms with Gasteiger partial charge in [0, 0.05) is 26.2 Å². The van der Waals surface area contributed by atoms with Gasteiger partial charge >= 0.3 is 0 Å². The Bertz CT molecular complexity index is 483. The second-order valence-electron chi connectivity index (χ2n) is 5.48. The highest BCUT2D eigenvalue weighted by Gasteiger charge is 2.24. The third-order valence-corrected chi connectivity index (χ3v) is 3.90. The molecule has 1 aliphatic rings. The number of aryl methyl sites for hydroxylation is 2. The van der Waals surface area contributed by atoms with Crippen LogP contribution in [-0.2, 0) is 6.42 Å². The predicted octanol–water partition coefficient (Wildman–Crippen LogP) is 0.454. The maximum absolute atomic E-state index is 12.7. The fourth-order valence-corrected chi connectivity index (χ4v) is 2.62. The zero-order chi connectivity index (χ0) is 15.2. The Balaban J connectivity index is 2.00. The summed E-state index contributed by atoms with van der Waals surface area (Å²) >= 11 is 0. The van der Waals surface area contributed by atoms with Crippen LogP contribution >= 0.6 is 0 Å². The summed E-state index contributed by atoms with van der Waals surface area (Å²) in [5.74, 6) is 0.0864. The van der Waals surface area contributed by atoms with E-state index in [2.05, 4.69) is 15.1 Å². The molecule has 0 spiro atoms. The molecule has 0 saturated carbocycles. The van der Waals surface area contributed by atoms with Gasteiger partial charge in [-0.05, 0) is 38.9 Å². The van der Waals surface area contributed by atoms with Crippen LogP contribution in [0.3, 0.4) is 0 Å². The number of amides is 1. The van der Waals surface area contributed by atoms with Gasteiger partial charge in [0.25, 0.3) is 5.91 Å². The van der Waals surface area contributed by atoms with Crippen LogP contribution in [0.1, 0.15) is 35.1 Å². The van der Waals surface area contributed by atoms with Crippen molar-refractivity contribution in [3.05, 3.63) is 23.0 Å². The maximum Gasteiger partial charge on any atom is 0.255 e. The molecule has 6 nitrogen and oxygen atoms in total. The molecule has 0 aliphatic carbocycles. The predicted molar refractivity (Wildman–Crippen MR) is 82.2 cm³/mol. The second kappa shape index (κ2) is 7.47. The lowest BCUT2D eigenvalue weighted by Gasteiger charge is -2.34. The average Bonchev–Trinajstić information content (AvgIpc) is 2.52. The molecule has 1 aromatic rings. The highest BCUT2D eigenvalue weighted by atomic mass is 16.2. The van der Waals surface area contributed by atoms with E-state index in [1.807, 2.05) is 24.8 Å². The van der Waals surface area contributed by atoms with Crippen LogP contribution in [0.15, 0.2) is 6.07 Å². The molecular weight excluding hydrogens is 266 g/mol. The van der Waals surface area contributed by atoms with Crippen molar-refractivity contribution in [1.29, 1.82) is 0 Å². The molecular formula is C15H25N5O.